The van der Waals surface area contributed by atoms with Gasteiger partial charge in [-0.2, -0.15) is 0 Å². The van der Waals surface area contributed by atoms with Gasteiger partial charge < -0.3 is 15.0 Å². The number of methoxy groups -OCH3 is 1. The molecule has 22 heavy (non-hydrogen) atoms. The Morgan fingerprint density at radius 2 is 1.91 bits per heavy atom. The quantitative estimate of drug-likeness (QED) is 0.848. The van der Waals surface area contributed by atoms with Crippen LogP contribution in [0.3, 0.4) is 0 Å². The number of benzene rings is 1. The van der Waals surface area contributed by atoms with Crippen LogP contribution in [0, 0.1) is 20.8 Å². The number of aromatic amines is 1. The Morgan fingerprint density at radius 1 is 1.23 bits per heavy atom. The van der Waals surface area contributed by atoms with Gasteiger partial charge in [-0.1, -0.05) is 17.7 Å². The predicted octanol–water partition coefficient (Wildman–Crippen LogP) is 3.63. The number of hydrogen-bond donors (Lipinski definition) is 2. The molecule has 0 spiro atoms. The van der Waals surface area contributed by atoms with E-state index in [1.54, 1.807) is 26.0 Å². The van der Waals surface area contributed by atoms with E-state index in [2.05, 4.69) is 10.3 Å². The molecule has 0 aliphatic rings. The predicted molar refractivity (Wildman–Crippen MR) is 85.7 cm³/mol. The summed E-state index contributed by atoms with van der Waals surface area (Å²) in [6.45, 7) is 5.33. The zero-order valence-electron chi connectivity index (χ0n) is 12.8. The lowest BCUT2D eigenvalue weighted by atomic mass is 10.1. The normalized spacial score (nSPS) is 10.4. The van der Waals surface area contributed by atoms with E-state index < -0.39 is 5.97 Å². The van der Waals surface area contributed by atoms with Gasteiger partial charge in [-0.05, 0) is 44.0 Å². The third kappa shape index (κ3) is 2.99. The van der Waals surface area contributed by atoms with Crippen molar-refractivity contribution in [3.8, 4) is 0 Å². The Labute approximate surface area is 133 Å². The molecule has 1 aromatic carbocycles. The second-order valence-electron chi connectivity index (χ2n) is 5.05. The van der Waals surface area contributed by atoms with E-state index in [-0.39, 0.29) is 5.91 Å². The standard InChI is InChI=1S/C16H17ClN2O3/c1-8-5-6-12(11(17)7-8)19-15(20)14-9(2)13(10(3)18-14)16(21)22-4/h5-7,18H,1-4H3,(H,19,20). The molecule has 0 bridgehead atoms. The molecule has 1 heterocycles. The number of ether oxygens (including phenoxy) is 1. The number of nitrogens with one attached hydrogen (secondary N) is 2. The topological polar surface area (TPSA) is 71.2 Å². The van der Waals surface area contributed by atoms with Gasteiger partial charge in [-0.25, -0.2) is 4.79 Å². The minimum Gasteiger partial charge on any atom is -0.465 e. The molecule has 2 N–H and O–H groups in total. The van der Waals surface area contributed by atoms with E-state index >= 15 is 0 Å². The average molecular weight is 321 g/mol. The molecule has 0 saturated carbocycles. The van der Waals surface area contributed by atoms with Crippen LogP contribution in [0.5, 0.6) is 0 Å². The fraction of sp³-hybridized carbons (Fsp3) is 0.250. The number of anilines is 1. The lowest BCUT2D eigenvalue weighted by Crippen LogP contribution is -2.14. The molecule has 116 valence electrons. The average Bonchev–Trinajstić information content (AvgIpc) is 2.76. The van der Waals surface area contributed by atoms with Gasteiger partial charge in [0.05, 0.1) is 23.4 Å². The van der Waals surface area contributed by atoms with Crippen LogP contribution in [0.1, 0.15) is 37.7 Å². The highest BCUT2D eigenvalue weighted by molar-refractivity contribution is 6.34. The number of esters is 1. The maximum Gasteiger partial charge on any atom is 0.339 e. The van der Waals surface area contributed by atoms with E-state index in [9.17, 15) is 9.59 Å². The van der Waals surface area contributed by atoms with Crippen molar-refractivity contribution < 1.29 is 14.3 Å². The summed E-state index contributed by atoms with van der Waals surface area (Å²) in [5.41, 5.74) is 3.35. The third-order valence-electron chi connectivity index (χ3n) is 3.43. The molecule has 0 saturated heterocycles. The Bertz CT molecular complexity index is 750. The van der Waals surface area contributed by atoms with Crippen molar-refractivity contribution in [2.45, 2.75) is 20.8 Å². The third-order valence-corrected chi connectivity index (χ3v) is 3.74. The summed E-state index contributed by atoms with van der Waals surface area (Å²) in [7, 11) is 1.31. The first-order chi connectivity index (χ1) is 10.3. The van der Waals surface area contributed by atoms with E-state index in [1.807, 2.05) is 13.0 Å². The number of H-pyrrole nitrogens is 1. The lowest BCUT2D eigenvalue weighted by Gasteiger charge is -2.07. The van der Waals surface area contributed by atoms with Gasteiger partial charge in [0.15, 0.2) is 0 Å². The number of aryl methyl sites for hydroxylation is 2. The van der Waals surface area contributed by atoms with Crippen LogP contribution in [0.2, 0.25) is 5.02 Å². The minimum absolute atomic E-state index is 0.314. The van der Waals surface area contributed by atoms with Crippen LogP contribution in [0.15, 0.2) is 18.2 Å². The molecule has 1 aromatic heterocycles. The van der Waals surface area contributed by atoms with Gasteiger partial charge in [0.2, 0.25) is 0 Å². The molecule has 0 unspecified atom stereocenters. The number of aromatic nitrogens is 1. The number of amides is 1. The summed E-state index contributed by atoms with van der Waals surface area (Å²) in [6, 6.07) is 5.36. The molecule has 0 radical (unpaired) electrons. The Balaban J connectivity index is 2.32. The summed E-state index contributed by atoms with van der Waals surface area (Å²) in [6.07, 6.45) is 0. The highest BCUT2D eigenvalue weighted by Crippen LogP contribution is 2.25. The van der Waals surface area contributed by atoms with Crippen molar-refractivity contribution in [1.29, 1.82) is 0 Å². The second kappa shape index (κ2) is 6.23. The van der Waals surface area contributed by atoms with Gasteiger partial charge in [0.1, 0.15) is 5.69 Å². The number of halogens is 1. The van der Waals surface area contributed by atoms with Crippen molar-refractivity contribution in [3.05, 3.63) is 51.3 Å². The largest absolute Gasteiger partial charge is 0.465 e. The van der Waals surface area contributed by atoms with Gasteiger partial charge in [-0.15, -0.1) is 0 Å². The highest BCUT2D eigenvalue weighted by Gasteiger charge is 2.22. The molecule has 1 amide bonds. The molecule has 0 atom stereocenters. The fourth-order valence-electron chi connectivity index (χ4n) is 2.29. The molecule has 0 fully saturated rings. The van der Waals surface area contributed by atoms with E-state index in [0.29, 0.717) is 33.2 Å². The second-order valence-corrected chi connectivity index (χ2v) is 5.46. The van der Waals surface area contributed by atoms with E-state index in [1.165, 1.54) is 7.11 Å². The summed E-state index contributed by atoms with van der Waals surface area (Å²) in [5, 5.41) is 3.20. The SMILES string of the molecule is COC(=O)c1c(C)[nH]c(C(=O)Nc2ccc(C)cc2Cl)c1C. The van der Waals surface area contributed by atoms with Crippen molar-refractivity contribution in [2.24, 2.45) is 0 Å². The Morgan fingerprint density at radius 3 is 2.50 bits per heavy atom. The Hall–Kier alpha value is -2.27. The van der Waals surface area contributed by atoms with Gasteiger partial charge in [0, 0.05) is 5.69 Å². The molecule has 0 aliphatic heterocycles. The molecular formula is C16H17ClN2O3. The number of rotatable bonds is 3. The van der Waals surface area contributed by atoms with Crippen LogP contribution < -0.4 is 5.32 Å². The highest BCUT2D eigenvalue weighted by atomic mass is 35.5. The molecule has 2 aromatic rings. The van der Waals surface area contributed by atoms with Crippen molar-refractivity contribution >= 4 is 29.2 Å². The van der Waals surface area contributed by atoms with Crippen LogP contribution >= 0.6 is 11.6 Å². The fourth-order valence-corrected chi connectivity index (χ4v) is 2.57. The maximum absolute atomic E-state index is 12.4. The molecular weight excluding hydrogens is 304 g/mol. The van der Waals surface area contributed by atoms with Crippen LogP contribution in [0.25, 0.3) is 0 Å². The zero-order valence-corrected chi connectivity index (χ0v) is 13.6. The van der Waals surface area contributed by atoms with Crippen LogP contribution in [-0.4, -0.2) is 24.0 Å². The lowest BCUT2D eigenvalue weighted by molar-refractivity contribution is 0.0599. The van der Waals surface area contributed by atoms with Crippen molar-refractivity contribution in [3.63, 3.8) is 0 Å². The number of hydrogen-bond acceptors (Lipinski definition) is 3. The maximum atomic E-state index is 12.4. The number of carbonyl (C=O) groups excluding carboxylic acids is 2. The van der Waals surface area contributed by atoms with Gasteiger partial charge >= 0.3 is 5.97 Å². The summed E-state index contributed by atoms with van der Waals surface area (Å²) in [4.78, 5) is 27.1. The van der Waals surface area contributed by atoms with Crippen LogP contribution in [0.4, 0.5) is 5.69 Å². The first kappa shape index (κ1) is 16.1. The monoisotopic (exact) mass is 320 g/mol. The Kier molecular flexibility index (Phi) is 4.56. The van der Waals surface area contributed by atoms with Crippen molar-refractivity contribution in [1.82, 2.24) is 4.98 Å². The molecule has 6 heteroatoms. The van der Waals surface area contributed by atoms with Crippen molar-refractivity contribution in [2.75, 3.05) is 12.4 Å². The molecule has 0 aliphatic carbocycles. The van der Waals surface area contributed by atoms with E-state index in [0.717, 1.165) is 5.56 Å². The van der Waals surface area contributed by atoms with Gasteiger partial charge in [0.25, 0.3) is 5.91 Å². The first-order valence-electron chi connectivity index (χ1n) is 6.70. The first-order valence-corrected chi connectivity index (χ1v) is 7.08. The zero-order chi connectivity index (χ0) is 16.4. The minimum atomic E-state index is -0.473. The molecule has 2 rings (SSSR count). The van der Waals surface area contributed by atoms with E-state index in [4.69, 9.17) is 16.3 Å². The van der Waals surface area contributed by atoms with Gasteiger partial charge in [-0.3, -0.25) is 4.79 Å². The summed E-state index contributed by atoms with van der Waals surface area (Å²) in [5.74, 6) is -0.833. The molecule has 5 nitrogen and oxygen atoms in total. The van der Waals surface area contributed by atoms with Crippen LogP contribution in [-0.2, 0) is 4.74 Å². The summed E-state index contributed by atoms with van der Waals surface area (Å²) < 4.78 is 4.73. The smallest absolute Gasteiger partial charge is 0.339 e. The summed E-state index contributed by atoms with van der Waals surface area (Å²) >= 11 is 6.11. The number of carbonyl (C=O) groups is 2.